The molecule has 3 aromatic carbocycles. The van der Waals surface area contributed by atoms with Crippen LogP contribution in [0.2, 0.25) is 0 Å². The first kappa shape index (κ1) is 28.3. The van der Waals surface area contributed by atoms with Crippen LogP contribution in [0.5, 0.6) is 5.75 Å². The number of methoxy groups -OCH3 is 2. The molecule has 1 saturated heterocycles. The summed E-state index contributed by atoms with van der Waals surface area (Å²) in [5, 5.41) is 12.7. The summed E-state index contributed by atoms with van der Waals surface area (Å²) in [6.07, 6.45) is 8.96. The van der Waals surface area contributed by atoms with Gasteiger partial charge in [0.1, 0.15) is 18.0 Å². The molecule has 3 aliphatic rings. The summed E-state index contributed by atoms with van der Waals surface area (Å²) in [4.78, 5) is 2.45. The Balaban J connectivity index is 1.22. The van der Waals surface area contributed by atoms with Crippen LogP contribution in [0.1, 0.15) is 67.2 Å². The van der Waals surface area contributed by atoms with E-state index in [0.29, 0.717) is 12.5 Å². The minimum atomic E-state index is -0.989. The number of aryl methyl sites for hydroxylation is 1. The molecule has 0 aromatic heterocycles. The summed E-state index contributed by atoms with van der Waals surface area (Å²) in [5.41, 5.74) is 4.66. The summed E-state index contributed by atoms with van der Waals surface area (Å²) < 4.78 is 17.2. The third-order valence-corrected chi connectivity index (χ3v) is 9.99. The molecule has 5 nitrogen and oxygen atoms in total. The molecule has 1 heterocycles. The Hall–Kier alpha value is -2.86. The Morgan fingerprint density at radius 3 is 2.27 bits per heavy atom. The third kappa shape index (κ3) is 5.90. The van der Waals surface area contributed by atoms with E-state index in [4.69, 9.17) is 14.2 Å². The highest BCUT2D eigenvalue weighted by Gasteiger charge is 2.45. The van der Waals surface area contributed by atoms with E-state index in [0.717, 1.165) is 73.6 Å². The minimum Gasteiger partial charge on any atom is -0.489 e. The van der Waals surface area contributed by atoms with Gasteiger partial charge in [0.15, 0.2) is 6.29 Å². The van der Waals surface area contributed by atoms with Crippen molar-refractivity contribution in [2.75, 3.05) is 32.2 Å². The first-order chi connectivity index (χ1) is 20.1. The van der Waals surface area contributed by atoms with Crippen molar-refractivity contribution in [2.24, 2.45) is 17.8 Å². The lowest BCUT2D eigenvalue weighted by Gasteiger charge is -2.45. The first-order valence-corrected chi connectivity index (χ1v) is 15.5. The summed E-state index contributed by atoms with van der Waals surface area (Å²) in [6, 6.07) is 25.4. The molecule has 41 heavy (non-hydrogen) atoms. The van der Waals surface area contributed by atoms with Crippen LogP contribution < -0.4 is 9.64 Å². The molecular formula is C36H45NO4. The van der Waals surface area contributed by atoms with Gasteiger partial charge in [-0.2, -0.15) is 0 Å². The maximum atomic E-state index is 12.7. The molecular weight excluding hydrogens is 510 g/mol. The van der Waals surface area contributed by atoms with Crippen molar-refractivity contribution in [1.82, 2.24) is 0 Å². The largest absolute Gasteiger partial charge is 0.489 e. The number of benzene rings is 3. The highest BCUT2D eigenvalue weighted by atomic mass is 16.7. The monoisotopic (exact) mass is 555 g/mol. The smallest absolute Gasteiger partial charge is 0.159 e. The predicted octanol–water partition coefficient (Wildman–Crippen LogP) is 7.09. The van der Waals surface area contributed by atoms with Crippen LogP contribution >= 0.6 is 0 Å². The summed E-state index contributed by atoms with van der Waals surface area (Å²) in [7, 11) is 3.45. The molecule has 6 rings (SSSR count). The molecule has 0 bridgehead atoms. The van der Waals surface area contributed by atoms with Crippen molar-refractivity contribution in [3.63, 3.8) is 0 Å². The summed E-state index contributed by atoms with van der Waals surface area (Å²) in [6.45, 7) is 2.51. The van der Waals surface area contributed by atoms with Gasteiger partial charge < -0.3 is 24.2 Å². The molecule has 2 unspecified atom stereocenters. The Labute approximate surface area is 245 Å². The number of anilines is 1. The molecule has 2 aliphatic carbocycles. The standard InChI is InChI=1S/C36H45NO4/c1-39-35(40-2)28-19-21-37(22-20-28)32-15-13-30(14-16-32)36(38)31(23-26-9-6-10-26)12-11-29-24-33(17-18-34(29)36)41-25-27-7-4-3-5-8-27/h3-5,7-8,13-18,24,26,28,31,35,38H,6,9-12,19-23,25H2,1-2H3. The average molecular weight is 556 g/mol. The Morgan fingerprint density at radius 1 is 0.878 bits per heavy atom. The molecule has 1 N–H and O–H groups in total. The number of piperidine rings is 1. The van der Waals surface area contributed by atoms with E-state index in [9.17, 15) is 5.11 Å². The topological polar surface area (TPSA) is 51.2 Å². The van der Waals surface area contributed by atoms with Gasteiger partial charge in [-0.25, -0.2) is 0 Å². The van der Waals surface area contributed by atoms with Crippen LogP contribution in [-0.4, -0.2) is 38.7 Å². The van der Waals surface area contributed by atoms with Gasteiger partial charge >= 0.3 is 0 Å². The van der Waals surface area contributed by atoms with E-state index in [1.54, 1.807) is 14.2 Å². The molecule has 218 valence electrons. The predicted molar refractivity (Wildman–Crippen MR) is 163 cm³/mol. The molecule has 2 atom stereocenters. The Bertz CT molecular complexity index is 1260. The van der Waals surface area contributed by atoms with E-state index in [1.165, 1.54) is 30.5 Å². The van der Waals surface area contributed by atoms with Crippen molar-refractivity contribution in [3.8, 4) is 5.75 Å². The zero-order valence-electron chi connectivity index (χ0n) is 24.6. The van der Waals surface area contributed by atoms with Crippen LogP contribution in [0.25, 0.3) is 0 Å². The number of nitrogens with zero attached hydrogens (tertiary/aromatic N) is 1. The SMILES string of the molecule is COC(OC)C1CCN(c2ccc(C3(O)c4ccc(OCc5ccccc5)cc4CCC3CC3CCC3)cc2)CC1. The number of aliphatic hydroxyl groups is 1. The van der Waals surface area contributed by atoms with Gasteiger partial charge in [0.25, 0.3) is 0 Å². The lowest BCUT2D eigenvalue weighted by Crippen LogP contribution is -2.42. The van der Waals surface area contributed by atoms with Crippen molar-refractivity contribution in [3.05, 3.63) is 95.1 Å². The van der Waals surface area contributed by atoms with E-state index in [-0.39, 0.29) is 12.2 Å². The molecule has 0 radical (unpaired) electrons. The summed E-state index contributed by atoms with van der Waals surface area (Å²) >= 11 is 0. The van der Waals surface area contributed by atoms with Gasteiger partial charge in [0.05, 0.1) is 0 Å². The van der Waals surface area contributed by atoms with E-state index in [1.807, 2.05) is 24.3 Å². The van der Waals surface area contributed by atoms with Crippen molar-refractivity contribution < 1.29 is 19.3 Å². The van der Waals surface area contributed by atoms with E-state index < -0.39 is 5.60 Å². The number of ether oxygens (including phenoxy) is 3. The van der Waals surface area contributed by atoms with Gasteiger partial charge in [0.2, 0.25) is 0 Å². The number of hydrogen-bond donors (Lipinski definition) is 1. The fourth-order valence-corrected chi connectivity index (χ4v) is 7.39. The molecule has 0 amide bonds. The van der Waals surface area contributed by atoms with Crippen LogP contribution in [0, 0.1) is 17.8 Å². The minimum absolute atomic E-state index is 0.128. The van der Waals surface area contributed by atoms with Gasteiger partial charge in [-0.05, 0) is 90.5 Å². The second kappa shape index (κ2) is 12.6. The molecule has 1 saturated carbocycles. The van der Waals surface area contributed by atoms with Gasteiger partial charge in [-0.1, -0.05) is 67.8 Å². The molecule has 5 heteroatoms. The van der Waals surface area contributed by atoms with Crippen LogP contribution in [0.15, 0.2) is 72.8 Å². The average Bonchev–Trinajstić information content (AvgIpc) is 3.00. The van der Waals surface area contributed by atoms with E-state index in [2.05, 4.69) is 53.4 Å². The second-order valence-corrected chi connectivity index (χ2v) is 12.3. The molecule has 3 aromatic rings. The Kier molecular flexibility index (Phi) is 8.66. The van der Waals surface area contributed by atoms with Crippen LogP contribution in [-0.2, 0) is 28.1 Å². The summed E-state index contributed by atoms with van der Waals surface area (Å²) in [5.74, 6) is 2.26. The van der Waals surface area contributed by atoms with Crippen molar-refractivity contribution in [1.29, 1.82) is 0 Å². The highest BCUT2D eigenvalue weighted by Crippen LogP contribution is 2.50. The van der Waals surface area contributed by atoms with Gasteiger partial charge in [-0.15, -0.1) is 0 Å². The highest BCUT2D eigenvalue weighted by molar-refractivity contribution is 5.53. The number of rotatable bonds is 10. The maximum Gasteiger partial charge on any atom is 0.159 e. The third-order valence-electron chi connectivity index (χ3n) is 9.99. The first-order valence-electron chi connectivity index (χ1n) is 15.5. The zero-order valence-corrected chi connectivity index (χ0v) is 24.6. The quantitative estimate of drug-likeness (QED) is 0.271. The fourth-order valence-electron chi connectivity index (χ4n) is 7.39. The van der Waals surface area contributed by atoms with Crippen molar-refractivity contribution in [2.45, 2.75) is 69.9 Å². The molecule has 0 spiro atoms. The van der Waals surface area contributed by atoms with Crippen LogP contribution in [0.3, 0.4) is 0 Å². The lowest BCUT2D eigenvalue weighted by molar-refractivity contribution is -0.141. The molecule has 1 aliphatic heterocycles. The maximum absolute atomic E-state index is 12.7. The van der Waals surface area contributed by atoms with Gasteiger partial charge in [0, 0.05) is 38.9 Å². The van der Waals surface area contributed by atoms with Gasteiger partial charge in [-0.3, -0.25) is 0 Å². The molecule has 2 fully saturated rings. The number of hydrogen-bond acceptors (Lipinski definition) is 5. The van der Waals surface area contributed by atoms with Crippen LogP contribution in [0.4, 0.5) is 5.69 Å². The lowest BCUT2D eigenvalue weighted by atomic mass is 9.63. The van der Waals surface area contributed by atoms with Crippen molar-refractivity contribution >= 4 is 5.69 Å². The second-order valence-electron chi connectivity index (χ2n) is 12.3. The fraction of sp³-hybridized carbons (Fsp3) is 0.500. The number of fused-ring (bicyclic) bond motifs is 1. The Morgan fingerprint density at radius 2 is 1.61 bits per heavy atom. The normalized spacial score (nSPS) is 23.3. The zero-order chi connectivity index (χ0) is 28.2. The van der Waals surface area contributed by atoms with E-state index >= 15 is 0 Å².